The molecule has 0 aromatic carbocycles. The number of ketones is 1. The van der Waals surface area contributed by atoms with Gasteiger partial charge in [0, 0.05) is 53.6 Å². The first kappa shape index (κ1) is 24.2. The van der Waals surface area contributed by atoms with Crippen LogP contribution in [-0.2, 0) is 23.9 Å². The van der Waals surface area contributed by atoms with Crippen LogP contribution >= 0.6 is 0 Å². The predicted molar refractivity (Wildman–Crippen MR) is 130 cm³/mol. The summed E-state index contributed by atoms with van der Waals surface area (Å²) in [6, 6.07) is 3.83. The first-order valence-electron chi connectivity index (χ1n) is 12.9. The van der Waals surface area contributed by atoms with Crippen LogP contribution in [0.1, 0.15) is 85.3 Å². The second-order valence-electron chi connectivity index (χ2n) is 12.5. The average molecular weight is 480 g/mol. The molecule has 0 radical (unpaired) electrons. The van der Waals surface area contributed by atoms with E-state index in [1.54, 1.807) is 18.5 Å². The molecule has 35 heavy (non-hydrogen) atoms. The molecule has 3 fully saturated rings. The number of esters is 2. The molecule has 6 heteroatoms. The zero-order valence-electron chi connectivity index (χ0n) is 21.7. The zero-order valence-corrected chi connectivity index (χ0v) is 21.7. The summed E-state index contributed by atoms with van der Waals surface area (Å²) >= 11 is 0. The monoisotopic (exact) mass is 479 g/mol. The third-order valence-corrected chi connectivity index (χ3v) is 10.4. The van der Waals surface area contributed by atoms with Crippen LogP contribution in [0, 0.1) is 33.5 Å². The molecule has 188 valence electrons. The van der Waals surface area contributed by atoms with Crippen LogP contribution in [0.5, 0.6) is 0 Å². The number of cyclic esters (lactones) is 1. The van der Waals surface area contributed by atoms with Gasteiger partial charge in [-0.2, -0.15) is 0 Å². The lowest BCUT2D eigenvalue weighted by Crippen LogP contribution is -2.66. The van der Waals surface area contributed by atoms with Crippen LogP contribution in [-0.4, -0.2) is 28.8 Å². The summed E-state index contributed by atoms with van der Waals surface area (Å²) in [6.45, 7) is 12.3. The van der Waals surface area contributed by atoms with Gasteiger partial charge in [-0.3, -0.25) is 14.6 Å². The number of nitrogens with zero attached hydrogens (tertiary/aromatic N) is 1. The van der Waals surface area contributed by atoms with E-state index < -0.39 is 28.5 Å². The summed E-state index contributed by atoms with van der Waals surface area (Å²) in [4.78, 5) is 42.7. The first-order valence-corrected chi connectivity index (χ1v) is 12.9. The molecular weight excluding hydrogens is 442 g/mol. The van der Waals surface area contributed by atoms with Gasteiger partial charge in [-0.05, 0) is 54.6 Å². The number of Topliss-reactive ketones (excluding diaryl/α,β-unsaturated/α-hetero) is 1. The maximum absolute atomic E-state index is 13.0. The molecule has 0 spiro atoms. The summed E-state index contributed by atoms with van der Waals surface area (Å²) < 4.78 is 12.1. The molecule has 2 heterocycles. The fourth-order valence-electron chi connectivity index (χ4n) is 8.76. The van der Waals surface area contributed by atoms with E-state index in [1.807, 2.05) is 12.1 Å². The molecule has 3 aliphatic carbocycles. The highest BCUT2D eigenvalue weighted by Gasteiger charge is 2.69. The van der Waals surface area contributed by atoms with Crippen molar-refractivity contribution in [3.05, 3.63) is 41.7 Å². The van der Waals surface area contributed by atoms with E-state index in [2.05, 4.69) is 39.6 Å². The van der Waals surface area contributed by atoms with Gasteiger partial charge in [0.15, 0.2) is 0 Å². The van der Waals surface area contributed by atoms with E-state index in [0.717, 1.165) is 30.4 Å². The summed E-state index contributed by atoms with van der Waals surface area (Å²) in [5.74, 6) is -0.115. The minimum absolute atomic E-state index is 0.101. The molecule has 7 atom stereocenters. The molecule has 4 aliphatic rings. The highest BCUT2D eigenvalue weighted by atomic mass is 16.5. The number of rotatable bonds is 2. The Hall–Kier alpha value is -2.50. The molecule has 0 bridgehead atoms. The second kappa shape index (κ2) is 7.75. The van der Waals surface area contributed by atoms with Gasteiger partial charge in [0.05, 0.1) is 0 Å². The molecular formula is C29H37NO5. The molecule has 0 N–H and O–H groups in total. The predicted octanol–water partition coefficient (Wildman–Crippen LogP) is 5.38. The highest BCUT2D eigenvalue weighted by Crippen LogP contribution is 2.72. The fourth-order valence-corrected chi connectivity index (χ4v) is 8.76. The van der Waals surface area contributed by atoms with Crippen molar-refractivity contribution in [2.75, 3.05) is 0 Å². The molecule has 6 nitrogen and oxygen atoms in total. The fraction of sp³-hybridized carbons (Fsp3) is 0.655. The number of carbonyl (C=O) groups excluding carboxylic acids is 3. The van der Waals surface area contributed by atoms with Crippen molar-refractivity contribution in [3.8, 4) is 0 Å². The van der Waals surface area contributed by atoms with Gasteiger partial charge < -0.3 is 9.47 Å². The third-order valence-electron chi connectivity index (χ3n) is 10.4. The first-order chi connectivity index (χ1) is 16.3. The van der Waals surface area contributed by atoms with Crippen LogP contribution in [0.15, 0.2) is 36.2 Å². The van der Waals surface area contributed by atoms with E-state index >= 15 is 0 Å². The van der Waals surface area contributed by atoms with Gasteiger partial charge in [-0.1, -0.05) is 40.7 Å². The Labute approximate surface area is 207 Å². The summed E-state index contributed by atoms with van der Waals surface area (Å²) in [5, 5.41) is 0. The summed E-state index contributed by atoms with van der Waals surface area (Å²) in [7, 11) is 0. The third kappa shape index (κ3) is 3.27. The largest absolute Gasteiger partial charge is 0.462 e. The van der Waals surface area contributed by atoms with Crippen LogP contribution < -0.4 is 0 Å². The Balaban J connectivity index is 1.68. The van der Waals surface area contributed by atoms with Crippen molar-refractivity contribution in [3.63, 3.8) is 0 Å². The maximum Gasteiger partial charge on any atom is 0.331 e. The minimum Gasteiger partial charge on any atom is -0.462 e. The van der Waals surface area contributed by atoms with Gasteiger partial charge in [0.2, 0.25) is 0 Å². The second-order valence-corrected chi connectivity index (χ2v) is 12.5. The van der Waals surface area contributed by atoms with E-state index in [0.29, 0.717) is 18.6 Å². The summed E-state index contributed by atoms with van der Waals surface area (Å²) in [5.41, 5.74) is 0.336. The van der Waals surface area contributed by atoms with Crippen LogP contribution in [0.25, 0.3) is 0 Å². The van der Waals surface area contributed by atoms with Crippen LogP contribution in [0.2, 0.25) is 0 Å². The topological polar surface area (TPSA) is 82.6 Å². The normalized spacial score (nSPS) is 42.1. The SMILES string of the molecule is CC(=O)OC1CC2C(C)(C)C(=O)CCC2(C)C2CCC3(C)C(=CC(=O)OC3c3cccnc3)C12C. The average Bonchev–Trinajstić information content (AvgIpc) is 2.79. The zero-order chi connectivity index (χ0) is 25.4. The number of carbonyl (C=O) groups is 3. The molecule has 0 amide bonds. The lowest BCUT2D eigenvalue weighted by atomic mass is 9.37. The van der Waals surface area contributed by atoms with Crippen molar-refractivity contribution in [1.29, 1.82) is 0 Å². The minimum atomic E-state index is -0.541. The number of hydrogen-bond acceptors (Lipinski definition) is 6. The van der Waals surface area contributed by atoms with Crippen LogP contribution in [0.3, 0.4) is 0 Å². The van der Waals surface area contributed by atoms with E-state index in [1.165, 1.54) is 6.92 Å². The van der Waals surface area contributed by atoms with Gasteiger partial charge >= 0.3 is 11.9 Å². The number of ether oxygens (including phenoxy) is 2. The van der Waals surface area contributed by atoms with Crippen molar-refractivity contribution < 1.29 is 23.9 Å². The standard InChI is InChI=1S/C29H37NO5/c1-17(31)34-23-14-20-26(2,3)22(32)10-12-27(20,4)19-9-11-28(5)21(29(19,23)6)15-24(33)35-25(28)18-8-7-13-30-16-18/h7-8,13,15-16,19-20,23,25H,9-12,14H2,1-6H3. The quantitative estimate of drug-likeness (QED) is 0.530. The van der Waals surface area contributed by atoms with Gasteiger partial charge in [0.25, 0.3) is 0 Å². The number of aromatic nitrogens is 1. The van der Waals surface area contributed by atoms with E-state index in [9.17, 15) is 14.4 Å². The number of pyridine rings is 1. The Kier molecular flexibility index (Phi) is 5.36. The Morgan fingerprint density at radius 1 is 1.11 bits per heavy atom. The van der Waals surface area contributed by atoms with Crippen molar-refractivity contribution in [2.45, 2.75) is 85.9 Å². The Bertz CT molecular complexity index is 1110. The lowest BCUT2D eigenvalue weighted by molar-refractivity contribution is -0.210. The highest BCUT2D eigenvalue weighted by molar-refractivity contribution is 5.86. The number of fused-ring (bicyclic) bond motifs is 5. The molecule has 1 aliphatic heterocycles. The molecule has 7 unspecified atom stereocenters. The van der Waals surface area contributed by atoms with E-state index in [-0.39, 0.29) is 29.2 Å². The Morgan fingerprint density at radius 3 is 2.51 bits per heavy atom. The molecule has 3 saturated carbocycles. The molecule has 0 saturated heterocycles. The van der Waals surface area contributed by atoms with Gasteiger partial charge in [0.1, 0.15) is 18.0 Å². The van der Waals surface area contributed by atoms with Crippen molar-refractivity contribution >= 4 is 17.7 Å². The molecule has 5 rings (SSSR count). The van der Waals surface area contributed by atoms with Crippen LogP contribution in [0.4, 0.5) is 0 Å². The van der Waals surface area contributed by atoms with Crippen molar-refractivity contribution in [1.82, 2.24) is 4.98 Å². The van der Waals surface area contributed by atoms with Gasteiger partial charge in [-0.15, -0.1) is 0 Å². The molecule has 1 aromatic rings. The molecule has 1 aromatic heterocycles. The summed E-state index contributed by atoms with van der Waals surface area (Å²) in [6.07, 6.45) is 8.07. The van der Waals surface area contributed by atoms with Crippen molar-refractivity contribution in [2.24, 2.45) is 33.5 Å². The Morgan fingerprint density at radius 2 is 1.86 bits per heavy atom. The number of hydrogen-bond donors (Lipinski definition) is 0. The smallest absolute Gasteiger partial charge is 0.331 e. The maximum atomic E-state index is 13.0. The van der Waals surface area contributed by atoms with E-state index in [4.69, 9.17) is 9.47 Å². The van der Waals surface area contributed by atoms with Gasteiger partial charge in [-0.25, -0.2) is 4.79 Å². The lowest BCUT2D eigenvalue weighted by Gasteiger charge is -2.68.